The fourth-order valence-corrected chi connectivity index (χ4v) is 2.91. The van der Waals surface area contributed by atoms with Crippen molar-refractivity contribution in [3.05, 3.63) is 65.6 Å². The highest BCUT2D eigenvalue weighted by molar-refractivity contribution is 5.92. The van der Waals surface area contributed by atoms with Crippen LogP contribution in [0.5, 0.6) is 5.75 Å². The molecule has 1 aromatic carbocycles. The lowest BCUT2D eigenvalue weighted by molar-refractivity contribution is -0.117. The van der Waals surface area contributed by atoms with Crippen molar-refractivity contribution >= 4 is 23.2 Å². The van der Waals surface area contributed by atoms with E-state index in [4.69, 9.17) is 16.2 Å². The molecule has 2 amide bonds. The predicted molar refractivity (Wildman–Crippen MR) is 110 cm³/mol. The number of amides is 2. The van der Waals surface area contributed by atoms with Gasteiger partial charge in [-0.25, -0.2) is 14.4 Å². The molecule has 1 atom stereocenters. The van der Waals surface area contributed by atoms with Gasteiger partial charge in [0.2, 0.25) is 5.91 Å². The van der Waals surface area contributed by atoms with E-state index in [9.17, 15) is 14.0 Å². The lowest BCUT2D eigenvalue weighted by Gasteiger charge is -2.22. The first-order valence-electron chi connectivity index (χ1n) is 9.37. The van der Waals surface area contributed by atoms with Crippen molar-refractivity contribution in [1.29, 1.82) is 0 Å². The van der Waals surface area contributed by atoms with E-state index in [-0.39, 0.29) is 30.4 Å². The normalized spacial score (nSPS) is 15.7. The average molecular weight is 411 g/mol. The molecule has 2 aromatic rings. The maximum Gasteiger partial charge on any atom is 0.267 e. The first-order chi connectivity index (χ1) is 14.3. The Balaban J connectivity index is 1.83. The molecular formula is C21H22FN5O3. The number of carbonyl (C=O) groups excluding carboxylic acids is 2. The van der Waals surface area contributed by atoms with Crippen LogP contribution in [0.3, 0.4) is 0 Å². The molecule has 0 radical (unpaired) electrons. The summed E-state index contributed by atoms with van der Waals surface area (Å²) in [5.74, 6) is 0.531. The van der Waals surface area contributed by atoms with Gasteiger partial charge in [-0.2, -0.15) is 0 Å². The van der Waals surface area contributed by atoms with E-state index in [0.717, 1.165) is 11.3 Å². The third-order valence-corrected chi connectivity index (χ3v) is 4.45. The Bertz CT molecular complexity index is 1020. The molecule has 3 rings (SSSR count). The van der Waals surface area contributed by atoms with Gasteiger partial charge in [0.15, 0.2) is 5.82 Å². The van der Waals surface area contributed by atoms with Crippen LogP contribution < -0.4 is 21.5 Å². The number of aromatic nitrogens is 2. The third-order valence-electron chi connectivity index (χ3n) is 4.45. The molecule has 1 unspecified atom stereocenters. The Hall–Kier alpha value is -3.75. The summed E-state index contributed by atoms with van der Waals surface area (Å²) < 4.78 is 18.9. The van der Waals surface area contributed by atoms with Crippen LogP contribution in [-0.2, 0) is 4.79 Å². The Morgan fingerprint density at radius 1 is 1.20 bits per heavy atom. The van der Waals surface area contributed by atoms with E-state index >= 15 is 0 Å². The smallest absolute Gasteiger partial charge is 0.267 e. The largest absolute Gasteiger partial charge is 0.461 e. The van der Waals surface area contributed by atoms with E-state index in [1.54, 1.807) is 18.2 Å². The number of rotatable bonds is 8. The quantitative estimate of drug-likeness (QED) is 0.611. The molecule has 1 aromatic heterocycles. The van der Waals surface area contributed by atoms with Crippen LogP contribution in [0.4, 0.5) is 10.2 Å². The molecule has 0 bridgehead atoms. The number of halogens is 1. The maximum atomic E-state index is 13.1. The van der Waals surface area contributed by atoms with Gasteiger partial charge in [0.05, 0.1) is 0 Å². The van der Waals surface area contributed by atoms with Crippen molar-refractivity contribution in [3.63, 3.8) is 0 Å². The molecule has 0 saturated carbocycles. The molecule has 0 spiro atoms. The number of allylic oxidation sites excluding steroid dienone is 4. The molecule has 30 heavy (non-hydrogen) atoms. The zero-order chi connectivity index (χ0) is 21.7. The number of carbonyl (C=O) groups is 2. The Morgan fingerprint density at radius 3 is 2.57 bits per heavy atom. The van der Waals surface area contributed by atoms with E-state index in [0.29, 0.717) is 23.8 Å². The SMILES string of the molecule is CC1CC(c2nc(NCCC(N)=O)cc(C(N)=O)n2)=CC=C1Oc1ccc(F)cc1. The first kappa shape index (κ1) is 21.0. The number of benzene rings is 1. The second kappa shape index (κ2) is 9.17. The van der Waals surface area contributed by atoms with Crippen molar-refractivity contribution in [2.24, 2.45) is 17.4 Å². The molecule has 9 heteroatoms. The van der Waals surface area contributed by atoms with Gasteiger partial charge in [-0.1, -0.05) is 13.0 Å². The third kappa shape index (κ3) is 5.40. The number of anilines is 1. The van der Waals surface area contributed by atoms with Crippen LogP contribution >= 0.6 is 0 Å². The van der Waals surface area contributed by atoms with Crippen molar-refractivity contribution < 1.29 is 18.7 Å². The molecule has 1 aliphatic rings. The van der Waals surface area contributed by atoms with Gasteiger partial charge in [0.1, 0.15) is 28.8 Å². The molecule has 1 heterocycles. The Kier molecular flexibility index (Phi) is 6.41. The average Bonchev–Trinajstić information content (AvgIpc) is 2.70. The Labute approximate surface area is 172 Å². The summed E-state index contributed by atoms with van der Waals surface area (Å²) in [6.45, 7) is 2.25. The molecule has 0 aliphatic heterocycles. The van der Waals surface area contributed by atoms with Crippen LogP contribution in [0.15, 0.2) is 48.2 Å². The zero-order valence-electron chi connectivity index (χ0n) is 16.4. The second-order valence-corrected chi connectivity index (χ2v) is 6.89. The summed E-state index contributed by atoms with van der Waals surface area (Å²) in [6.07, 6.45) is 4.30. The zero-order valence-corrected chi connectivity index (χ0v) is 16.4. The highest BCUT2D eigenvalue weighted by Crippen LogP contribution is 2.31. The second-order valence-electron chi connectivity index (χ2n) is 6.89. The highest BCUT2D eigenvalue weighted by atomic mass is 19.1. The summed E-state index contributed by atoms with van der Waals surface area (Å²) >= 11 is 0. The highest BCUT2D eigenvalue weighted by Gasteiger charge is 2.21. The van der Waals surface area contributed by atoms with Gasteiger partial charge in [-0.3, -0.25) is 9.59 Å². The molecule has 0 saturated heterocycles. The van der Waals surface area contributed by atoms with Crippen molar-refractivity contribution in [3.8, 4) is 5.75 Å². The van der Waals surface area contributed by atoms with E-state index in [1.165, 1.54) is 18.2 Å². The lowest BCUT2D eigenvalue weighted by Crippen LogP contribution is -2.19. The minimum Gasteiger partial charge on any atom is -0.461 e. The van der Waals surface area contributed by atoms with Crippen LogP contribution in [0, 0.1) is 11.7 Å². The number of primary amides is 2. The molecule has 8 nitrogen and oxygen atoms in total. The fraction of sp³-hybridized carbons (Fsp3) is 0.238. The van der Waals surface area contributed by atoms with Gasteiger partial charge in [-0.15, -0.1) is 0 Å². The fourth-order valence-electron chi connectivity index (χ4n) is 2.91. The summed E-state index contributed by atoms with van der Waals surface area (Å²) in [7, 11) is 0. The molecular weight excluding hydrogens is 389 g/mol. The number of ether oxygens (including phenoxy) is 1. The van der Waals surface area contributed by atoms with Gasteiger partial charge in [0.25, 0.3) is 5.91 Å². The molecule has 156 valence electrons. The maximum absolute atomic E-state index is 13.1. The van der Waals surface area contributed by atoms with Gasteiger partial charge >= 0.3 is 0 Å². The van der Waals surface area contributed by atoms with Crippen LogP contribution in [0.2, 0.25) is 0 Å². The summed E-state index contributed by atoms with van der Waals surface area (Å²) in [4.78, 5) is 31.3. The van der Waals surface area contributed by atoms with Gasteiger partial charge < -0.3 is 21.5 Å². The first-order valence-corrected chi connectivity index (χ1v) is 9.37. The molecule has 5 N–H and O–H groups in total. The summed E-state index contributed by atoms with van der Waals surface area (Å²) in [6, 6.07) is 7.22. The molecule has 0 fully saturated rings. The van der Waals surface area contributed by atoms with E-state index in [2.05, 4.69) is 15.3 Å². The number of nitrogens with one attached hydrogen (secondary N) is 1. The number of nitrogens with zero attached hydrogens (tertiary/aromatic N) is 2. The van der Waals surface area contributed by atoms with E-state index in [1.807, 2.05) is 13.0 Å². The van der Waals surface area contributed by atoms with E-state index < -0.39 is 11.8 Å². The molecule has 1 aliphatic carbocycles. The summed E-state index contributed by atoms with van der Waals surface area (Å²) in [5.41, 5.74) is 11.4. The van der Waals surface area contributed by atoms with Crippen LogP contribution in [-0.4, -0.2) is 28.3 Å². The van der Waals surface area contributed by atoms with Crippen molar-refractivity contribution in [2.45, 2.75) is 19.8 Å². The van der Waals surface area contributed by atoms with Crippen molar-refractivity contribution in [1.82, 2.24) is 9.97 Å². The number of nitrogens with two attached hydrogens (primary N) is 2. The number of hydrogen-bond donors (Lipinski definition) is 3. The van der Waals surface area contributed by atoms with Crippen molar-refractivity contribution in [2.75, 3.05) is 11.9 Å². The topological polar surface area (TPSA) is 133 Å². The monoisotopic (exact) mass is 411 g/mol. The Morgan fingerprint density at radius 2 is 1.93 bits per heavy atom. The standard InChI is InChI=1S/C21H22FN5O3/c1-12-10-13(2-7-17(12)30-15-5-3-14(22)4-6-15)21-26-16(20(24)29)11-19(27-21)25-9-8-18(23)28/h2-7,11-12H,8-10H2,1H3,(H2,23,28)(H2,24,29)(H,25,26,27). The lowest BCUT2D eigenvalue weighted by atomic mass is 9.93. The van der Waals surface area contributed by atoms with Gasteiger partial charge in [0, 0.05) is 24.9 Å². The number of hydrogen-bond acceptors (Lipinski definition) is 6. The van der Waals surface area contributed by atoms with Gasteiger partial charge in [-0.05, 0) is 42.3 Å². The van der Waals surface area contributed by atoms with Crippen LogP contribution in [0.1, 0.15) is 36.1 Å². The minimum absolute atomic E-state index is 0.00200. The summed E-state index contributed by atoms with van der Waals surface area (Å²) in [5, 5.41) is 2.95. The predicted octanol–water partition coefficient (Wildman–Crippen LogP) is 2.39. The van der Waals surface area contributed by atoms with Crippen LogP contribution in [0.25, 0.3) is 5.57 Å². The minimum atomic E-state index is -0.683.